The van der Waals surface area contributed by atoms with Crippen molar-refractivity contribution in [3.63, 3.8) is 0 Å². The molecule has 0 aliphatic heterocycles. The Hall–Kier alpha value is -3.94. The van der Waals surface area contributed by atoms with Crippen molar-refractivity contribution in [1.82, 2.24) is 9.61 Å². The Morgan fingerprint density at radius 1 is 0.576 bits per heavy atom. The molecule has 0 fully saturated rings. The van der Waals surface area contributed by atoms with Crippen molar-refractivity contribution in [2.75, 3.05) is 0 Å². The average molecular weight is 444 g/mol. The third-order valence-electron chi connectivity index (χ3n) is 6.09. The fourth-order valence-electron chi connectivity index (χ4n) is 4.38. The molecule has 4 aromatic carbocycles. The first kappa shape index (κ1) is 19.7. The van der Waals surface area contributed by atoms with Crippen molar-refractivity contribution in [3.8, 4) is 11.3 Å². The van der Waals surface area contributed by atoms with Crippen LogP contribution in [0.3, 0.4) is 0 Å². The summed E-state index contributed by atoms with van der Waals surface area (Å²) in [7, 11) is -2.97. The van der Waals surface area contributed by atoms with Crippen molar-refractivity contribution < 1.29 is 4.57 Å². The van der Waals surface area contributed by atoms with E-state index < -0.39 is 7.14 Å². The van der Waals surface area contributed by atoms with Crippen LogP contribution in [0.2, 0.25) is 0 Å². The Labute approximate surface area is 192 Å². The van der Waals surface area contributed by atoms with Gasteiger partial charge in [-0.05, 0) is 17.5 Å². The molecule has 0 spiro atoms. The quantitative estimate of drug-likeness (QED) is 0.323. The minimum absolute atomic E-state index is 0.818. The summed E-state index contributed by atoms with van der Waals surface area (Å²) in [6, 6.07) is 40.0. The lowest BCUT2D eigenvalue weighted by Crippen LogP contribution is -2.24. The van der Waals surface area contributed by atoms with Crippen molar-refractivity contribution >= 4 is 39.3 Å². The van der Waals surface area contributed by atoms with E-state index in [4.69, 9.17) is 5.10 Å². The molecular formula is C29H21N2OP. The highest BCUT2D eigenvalue weighted by Crippen LogP contribution is 2.42. The molecule has 0 atom stereocenters. The number of hydrogen-bond acceptors (Lipinski definition) is 2. The molecule has 0 saturated heterocycles. The summed E-state index contributed by atoms with van der Waals surface area (Å²) in [6.07, 6.45) is 2.06. The minimum atomic E-state index is -2.97. The van der Waals surface area contributed by atoms with Gasteiger partial charge in [0.2, 0.25) is 0 Å². The van der Waals surface area contributed by atoms with E-state index in [0.717, 1.165) is 38.1 Å². The zero-order chi connectivity index (χ0) is 22.3. The normalized spacial score (nSPS) is 11.8. The SMILES string of the molecule is O=P(c1ccccc1)(c1ccccc1)c1ccc(-c2cc3cc4ccccc4cn3n2)cc1. The summed E-state index contributed by atoms with van der Waals surface area (Å²) in [5.74, 6) is 0. The summed E-state index contributed by atoms with van der Waals surface area (Å²) in [5, 5.41) is 9.63. The van der Waals surface area contributed by atoms with Gasteiger partial charge in [-0.1, -0.05) is 109 Å². The zero-order valence-corrected chi connectivity index (χ0v) is 18.8. The van der Waals surface area contributed by atoms with Crippen LogP contribution in [0, 0.1) is 0 Å². The molecule has 2 heterocycles. The molecule has 33 heavy (non-hydrogen) atoms. The summed E-state index contributed by atoms with van der Waals surface area (Å²) < 4.78 is 16.4. The second-order valence-corrected chi connectivity index (χ2v) is 10.9. The van der Waals surface area contributed by atoms with Gasteiger partial charge in [0.05, 0.1) is 11.2 Å². The van der Waals surface area contributed by atoms with Gasteiger partial charge in [0.15, 0.2) is 7.14 Å². The molecule has 0 amide bonds. The molecule has 0 aliphatic carbocycles. The van der Waals surface area contributed by atoms with Crippen LogP contribution >= 0.6 is 7.14 Å². The maximum Gasteiger partial charge on any atom is 0.171 e. The molecule has 4 heteroatoms. The Bertz CT molecular complexity index is 1530. The number of nitrogens with zero attached hydrogens (tertiary/aromatic N) is 2. The molecule has 6 aromatic rings. The second kappa shape index (κ2) is 7.88. The Morgan fingerprint density at radius 3 is 1.76 bits per heavy atom. The number of pyridine rings is 1. The Kier molecular flexibility index (Phi) is 4.71. The highest BCUT2D eigenvalue weighted by molar-refractivity contribution is 7.85. The van der Waals surface area contributed by atoms with E-state index in [0.29, 0.717) is 0 Å². The molecule has 0 radical (unpaired) electrons. The maximum atomic E-state index is 14.5. The lowest BCUT2D eigenvalue weighted by atomic mass is 10.1. The van der Waals surface area contributed by atoms with Crippen LogP contribution in [0.1, 0.15) is 0 Å². The first-order chi connectivity index (χ1) is 16.2. The summed E-state index contributed by atoms with van der Waals surface area (Å²) in [4.78, 5) is 0. The Balaban J connectivity index is 1.44. The van der Waals surface area contributed by atoms with Crippen molar-refractivity contribution in [1.29, 1.82) is 0 Å². The van der Waals surface area contributed by atoms with E-state index in [9.17, 15) is 4.57 Å². The van der Waals surface area contributed by atoms with Crippen LogP contribution in [0.4, 0.5) is 0 Å². The topological polar surface area (TPSA) is 34.4 Å². The van der Waals surface area contributed by atoms with Crippen molar-refractivity contribution in [2.24, 2.45) is 0 Å². The van der Waals surface area contributed by atoms with E-state index in [-0.39, 0.29) is 0 Å². The standard InChI is InChI=1S/C29H21N2OP/c32-33(26-11-3-1-4-12-26,27-13-5-2-6-14-27)28-17-15-22(16-18-28)29-20-25-19-23-9-7-8-10-24(23)21-31(25)30-29/h1-21H. The highest BCUT2D eigenvalue weighted by atomic mass is 31.2. The monoisotopic (exact) mass is 444 g/mol. The first-order valence-corrected chi connectivity index (χ1v) is 12.6. The van der Waals surface area contributed by atoms with Gasteiger partial charge in [0.25, 0.3) is 0 Å². The van der Waals surface area contributed by atoms with E-state index >= 15 is 0 Å². The second-order valence-electron chi connectivity index (χ2n) is 8.13. The van der Waals surface area contributed by atoms with Gasteiger partial charge in [-0.3, -0.25) is 0 Å². The zero-order valence-electron chi connectivity index (χ0n) is 17.9. The number of rotatable bonds is 4. The van der Waals surface area contributed by atoms with Crippen LogP contribution in [0.15, 0.2) is 128 Å². The van der Waals surface area contributed by atoms with Gasteiger partial charge in [-0.25, -0.2) is 4.52 Å². The fourth-order valence-corrected chi connectivity index (χ4v) is 7.02. The third kappa shape index (κ3) is 3.38. The van der Waals surface area contributed by atoms with Gasteiger partial charge < -0.3 is 4.57 Å². The van der Waals surface area contributed by atoms with Crippen LogP contribution in [-0.4, -0.2) is 9.61 Å². The van der Waals surface area contributed by atoms with Gasteiger partial charge >= 0.3 is 0 Å². The van der Waals surface area contributed by atoms with Crippen LogP contribution in [0.25, 0.3) is 27.5 Å². The summed E-state index contributed by atoms with van der Waals surface area (Å²) in [6.45, 7) is 0. The van der Waals surface area contributed by atoms with Crippen molar-refractivity contribution in [2.45, 2.75) is 0 Å². The number of benzene rings is 4. The smallest absolute Gasteiger partial charge is 0.171 e. The lowest BCUT2D eigenvalue weighted by molar-refractivity contribution is 0.592. The molecule has 2 aromatic heterocycles. The molecule has 0 N–H and O–H groups in total. The third-order valence-corrected chi connectivity index (χ3v) is 9.17. The minimum Gasteiger partial charge on any atom is -0.309 e. The van der Waals surface area contributed by atoms with E-state index in [1.54, 1.807) is 0 Å². The largest absolute Gasteiger partial charge is 0.309 e. The predicted octanol–water partition coefficient (Wildman–Crippen LogP) is 5.79. The molecular weight excluding hydrogens is 423 g/mol. The van der Waals surface area contributed by atoms with Gasteiger partial charge in [-0.15, -0.1) is 0 Å². The highest BCUT2D eigenvalue weighted by Gasteiger charge is 2.29. The van der Waals surface area contributed by atoms with Gasteiger partial charge in [-0.2, -0.15) is 5.10 Å². The fraction of sp³-hybridized carbons (Fsp3) is 0. The predicted molar refractivity (Wildman–Crippen MR) is 138 cm³/mol. The lowest BCUT2D eigenvalue weighted by Gasteiger charge is -2.20. The molecule has 158 valence electrons. The number of fused-ring (bicyclic) bond motifs is 2. The van der Waals surface area contributed by atoms with Crippen LogP contribution in [-0.2, 0) is 4.57 Å². The summed E-state index contributed by atoms with van der Waals surface area (Å²) >= 11 is 0. The molecule has 0 saturated carbocycles. The molecule has 0 bridgehead atoms. The average Bonchev–Trinajstić information content (AvgIpc) is 3.31. The molecule has 0 aliphatic rings. The van der Waals surface area contributed by atoms with E-state index in [1.807, 2.05) is 102 Å². The van der Waals surface area contributed by atoms with E-state index in [1.165, 1.54) is 5.39 Å². The number of aromatic nitrogens is 2. The summed E-state index contributed by atoms with van der Waals surface area (Å²) in [5.41, 5.74) is 2.94. The maximum absolute atomic E-state index is 14.5. The number of hydrogen-bond donors (Lipinski definition) is 0. The van der Waals surface area contributed by atoms with Crippen molar-refractivity contribution in [3.05, 3.63) is 128 Å². The molecule has 3 nitrogen and oxygen atoms in total. The van der Waals surface area contributed by atoms with Crippen LogP contribution in [0.5, 0.6) is 0 Å². The molecule has 6 rings (SSSR count). The molecule has 0 unspecified atom stereocenters. The van der Waals surface area contributed by atoms with E-state index in [2.05, 4.69) is 30.5 Å². The Morgan fingerprint density at radius 2 is 1.12 bits per heavy atom. The first-order valence-electron chi connectivity index (χ1n) is 10.9. The van der Waals surface area contributed by atoms with Crippen LogP contribution < -0.4 is 15.9 Å². The van der Waals surface area contributed by atoms with Gasteiger partial charge in [0.1, 0.15) is 0 Å². The van der Waals surface area contributed by atoms with Gasteiger partial charge in [0, 0.05) is 33.1 Å².